The minimum atomic E-state index is 0.208. The molecule has 6 nitrogen and oxygen atoms in total. The van der Waals surface area contributed by atoms with E-state index in [4.69, 9.17) is 9.15 Å². The average Bonchev–Trinajstić information content (AvgIpc) is 3.03. The summed E-state index contributed by atoms with van der Waals surface area (Å²) in [5.41, 5.74) is 1.81. The molecule has 0 unspecified atom stereocenters. The fourth-order valence-corrected chi connectivity index (χ4v) is 3.72. The van der Waals surface area contributed by atoms with E-state index in [1.165, 1.54) is 0 Å². The van der Waals surface area contributed by atoms with Gasteiger partial charge in [-0.3, -0.25) is 4.79 Å². The van der Waals surface area contributed by atoms with Gasteiger partial charge in [-0.2, -0.15) is 0 Å². The molecule has 140 valence electrons. The molecule has 7 heteroatoms. The SMILES string of the molecule is COc1ccc(-c2nc(CSCC(=O)N3CCN(C)CC3)c(C)o2)cc1. The Balaban J connectivity index is 1.53. The van der Waals surface area contributed by atoms with E-state index in [0.717, 1.165) is 48.9 Å². The number of aryl methyl sites for hydroxylation is 1. The van der Waals surface area contributed by atoms with Crippen LogP contribution in [0.25, 0.3) is 11.5 Å². The molecule has 1 amide bonds. The van der Waals surface area contributed by atoms with E-state index in [-0.39, 0.29) is 5.91 Å². The third-order valence-electron chi connectivity index (χ3n) is 4.55. The number of aromatic nitrogens is 1. The summed E-state index contributed by atoms with van der Waals surface area (Å²) in [6, 6.07) is 7.63. The number of amides is 1. The number of ether oxygens (including phenoxy) is 1. The summed E-state index contributed by atoms with van der Waals surface area (Å²) in [5, 5.41) is 0. The lowest BCUT2D eigenvalue weighted by atomic mass is 10.2. The lowest BCUT2D eigenvalue weighted by Crippen LogP contribution is -2.47. The second-order valence-corrected chi connectivity index (χ2v) is 7.41. The molecule has 1 saturated heterocycles. The van der Waals surface area contributed by atoms with Crippen molar-refractivity contribution in [3.63, 3.8) is 0 Å². The molecule has 0 radical (unpaired) electrons. The van der Waals surface area contributed by atoms with Crippen LogP contribution in [0.15, 0.2) is 28.7 Å². The van der Waals surface area contributed by atoms with Crippen LogP contribution in [0.5, 0.6) is 5.75 Å². The topological polar surface area (TPSA) is 58.8 Å². The van der Waals surface area contributed by atoms with E-state index in [1.807, 2.05) is 36.1 Å². The molecular weight excluding hydrogens is 350 g/mol. The zero-order valence-corrected chi connectivity index (χ0v) is 16.3. The Bertz CT molecular complexity index is 737. The second-order valence-electron chi connectivity index (χ2n) is 6.43. The standard InChI is InChI=1S/C19H25N3O3S/c1-14-17(12-26-13-18(23)22-10-8-21(2)9-11-22)20-19(25-14)15-4-6-16(24-3)7-5-15/h4-7H,8-13H2,1-3H3. The predicted octanol–water partition coefficient (Wildman–Crippen LogP) is 2.67. The first-order valence-corrected chi connectivity index (χ1v) is 9.87. The first kappa shape index (κ1) is 18.8. The number of rotatable bonds is 6. The van der Waals surface area contributed by atoms with Crippen LogP contribution in [-0.4, -0.2) is 66.8 Å². The van der Waals surface area contributed by atoms with Gasteiger partial charge in [0.15, 0.2) is 0 Å². The molecule has 3 rings (SSSR count). The Hall–Kier alpha value is -1.99. The van der Waals surface area contributed by atoms with Crippen molar-refractivity contribution in [3.05, 3.63) is 35.7 Å². The van der Waals surface area contributed by atoms with Crippen LogP contribution in [0.3, 0.4) is 0 Å². The van der Waals surface area contributed by atoms with Gasteiger partial charge in [-0.05, 0) is 38.2 Å². The number of thioether (sulfide) groups is 1. The highest BCUT2D eigenvalue weighted by atomic mass is 32.2. The van der Waals surface area contributed by atoms with Gasteiger partial charge in [0.2, 0.25) is 11.8 Å². The molecular formula is C19H25N3O3S. The van der Waals surface area contributed by atoms with Gasteiger partial charge in [-0.25, -0.2) is 4.98 Å². The van der Waals surface area contributed by atoms with Crippen molar-refractivity contribution >= 4 is 17.7 Å². The first-order valence-electron chi connectivity index (χ1n) is 8.71. The number of piperazine rings is 1. The first-order chi connectivity index (χ1) is 12.6. The molecule has 1 fully saturated rings. The molecule has 1 aromatic heterocycles. The monoisotopic (exact) mass is 375 g/mol. The zero-order valence-electron chi connectivity index (χ0n) is 15.5. The van der Waals surface area contributed by atoms with E-state index in [0.29, 0.717) is 17.4 Å². The Labute approximate surface area is 158 Å². The molecule has 1 aromatic carbocycles. The Kier molecular flexibility index (Phi) is 6.21. The van der Waals surface area contributed by atoms with E-state index < -0.39 is 0 Å². The summed E-state index contributed by atoms with van der Waals surface area (Å²) in [4.78, 5) is 21.1. The maximum absolute atomic E-state index is 12.3. The number of likely N-dealkylation sites (N-methyl/N-ethyl adjacent to an activating group) is 1. The smallest absolute Gasteiger partial charge is 0.232 e. The van der Waals surface area contributed by atoms with Crippen molar-refractivity contribution in [2.75, 3.05) is 46.1 Å². The molecule has 0 spiro atoms. The average molecular weight is 375 g/mol. The largest absolute Gasteiger partial charge is 0.497 e. The number of hydrogen-bond acceptors (Lipinski definition) is 6. The number of benzene rings is 1. The molecule has 26 heavy (non-hydrogen) atoms. The number of nitrogens with zero attached hydrogens (tertiary/aromatic N) is 3. The van der Waals surface area contributed by atoms with Gasteiger partial charge in [-0.15, -0.1) is 11.8 Å². The number of methoxy groups -OCH3 is 1. The lowest BCUT2D eigenvalue weighted by molar-refractivity contribution is -0.129. The Morgan fingerprint density at radius 2 is 1.92 bits per heavy atom. The van der Waals surface area contributed by atoms with Crippen molar-refractivity contribution in [2.24, 2.45) is 0 Å². The van der Waals surface area contributed by atoms with Crippen molar-refractivity contribution in [3.8, 4) is 17.2 Å². The summed E-state index contributed by atoms with van der Waals surface area (Å²) in [6.07, 6.45) is 0. The van der Waals surface area contributed by atoms with Crippen LogP contribution in [0.1, 0.15) is 11.5 Å². The van der Waals surface area contributed by atoms with Gasteiger partial charge in [0.05, 0.1) is 18.6 Å². The molecule has 1 aliphatic rings. The molecule has 0 saturated carbocycles. The van der Waals surface area contributed by atoms with Gasteiger partial charge in [0.1, 0.15) is 11.5 Å². The molecule has 1 aliphatic heterocycles. The van der Waals surface area contributed by atoms with E-state index in [2.05, 4.69) is 16.9 Å². The maximum atomic E-state index is 12.3. The van der Waals surface area contributed by atoms with Crippen LogP contribution in [0.2, 0.25) is 0 Å². The fraction of sp³-hybridized carbons (Fsp3) is 0.474. The highest BCUT2D eigenvalue weighted by Gasteiger charge is 2.19. The van der Waals surface area contributed by atoms with Crippen molar-refractivity contribution in [2.45, 2.75) is 12.7 Å². The van der Waals surface area contributed by atoms with Gasteiger partial charge >= 0.3 is 0 Å². The molecule has 0 aliphatic carbocycles. The minimum Gasteiger partial charge on any atom is -0.497 e. The zero-order chi connectivity index (χ0) is 18.5. The second kappa shape index (κ2) is 8.60. The molecule has 0 atom stereocenters. The highest BCUT2D eigenvalue weighted by molar-refractivity contribution is 7.99. The predicted molar refractivity (Wildman–Crippen MR) is 103 cm³/mol. The van der Waals surface area contributed by atoms with E-state index >= 15 is 0 Å². The van der Waals surface area contributed by atoms with Crippen molar-refractivity contribution in [1.29, 1.82) is 0 Å². The third kappa shape index (κ3) is 4.59. The number of carbonyl (C=O) groups excluding carboxylic acids is 1. The number of carbonyl (C=O) groups is 1. The van der Waals surface area contributed by atoms with Crippen LogP contribution >= 0.6 is 11.8 Å². The van der Waals surface area contributed by atoms with Crippen LogP contribution in [-0.2, 0) is 10.5 Å². The minimum absolute atomic E-state index is 0.208. The van der Waals surface area contributed by atoms with E-state index in [9.17, 15) is 4.79 Å². The van der Waals surface area contributed by atoms with Gasteiger partial charge in [0, 0.05) is 37.5 Å². The summed E-state index contributed by atoms with van der Waals surface area (Å²) in [7, 11) is 3.73. The van der Waals surface area contributed by atoms with Crippen molar-refractivity contribution in [1.82, 2.24) is 14.8 Å². The normalized spacial score (nSPS) is 15.3. The lowest BCUT2D eigenvalue weighted by Gasteiger charge is -2.32. The summed E-state index contributed by atoms with van der Waals surface area (Å²) in [5.74, 6) is 3.56. The number of hydrogen-bond donors (Lipinski definition) is 0. The molecule has 0 N–H and O–H groups in total. The molecule has 2 aromatic rings. The Morgan fingerprint density at radius 1 is 1.23 bits per heavy atom. The molecule has 2 heterocycles. The highest BCUT2D eigenvalue weighted by Crippen LogP contribution is 2.26. The van der Waals surface area contributed by atoms with E-state index in [1.54, 1.807) is 18.9 Å². The van der Waals surface area contributed by atoms with Gasteiger partial charge < -0.3 is 19.0 Å². The summed E-state index contributed by atoms with van der Waals surface area (Å²) in [6.45, 7) is 5.45. The third-order valence-corrected chi connectivity index (χ3v) is 5.48. The van der Waals surface area contributed by atoms with Gasteiger partial charge in [0.25, 0.3) is 0 Å². The van der Waals surface area contributed by atoms with Crippen LogP contribution in [0.4, 0.5) is 0 Å². The molecule has 0 bridgehead atoms. The Morgan fingerprint density at radius 3 is 2.58 bits per heavy atom. The fourth-order valence-electron chi connectivity index (χ4n) is 2.80. The summed E-state index contributed by atoms with van der Waals surface area (Å²) >= 11 is 1.59. The quantitative estimate of drug-likeness (QED) is 0.774. The van der Waals surface area contributed by atoms with Crippen LogP contribution < -0.4 is 4.74 Å². The maximum Gasteiger partial charge on any atom is 0.232 e. The number of oxazole rings is 1. The van der Waals surface area contributed by atoms with Crippen molar-refractivity contribution < 1.29 is 13.9 Å². The van der Waals surface area contributed by atoms with Crippen LogP contribution in [0, 0.1) is 6.92 Å². The summed E-state index contributed by atoms with van der Waals surface area (Å²) < 4.78 is 11.0. The van der Waals surface area contributed by atoms with Gasteiger partial charge in [-0.1, -0.05) is 0 Å².